The molecule has 1 aliphatic rings. The number of thiophene rings is 1. The molecule has 1 aliphatic heterocycles. The molecule has 0 amide bonds. The lowest BCUT2D eigenvalue weighted by molar-refractivity contribution is 0.199. The maximum absolute atomic E-state index is 5.32. The van der Waals surface area contributed by atoms with Gasteiger partial charge in [0.2, 0.25) is 0 Å². The van der Waals surface area contributed by atoms with E-state index in [0.29, 0.717) is 6.04 Å². The van der Waals surface area contributed by atoms with Crippen LogP contribution in [0.5, 0.6) is 5.75 Å². The van der Waals surface area contributed by atoms with Gasteiger partial charge in [-0.05, 0) is 18.4 Å². The van der Waals surface area contributed by atoms with E-state index in [4.69, 9.17) is 4.74 Å². The molecule has 0 unspecified atom stereocenters. The monoisotopic (exact) mass is 226 g/mol. The predicted octanol–water partition coefficient (Wildman–Crippen LogP) is 1.55. The zero-order valence-corrected chi connectivity index (χ0v) is 10.1. The summed E-state index contributed by atoms with van der Waals surface area (Å²) in [7, 11) is 1.74. The number of nitrogens with zero attached hydrogens (tertiary/aromatic N) is 1. The molecule has 1 aromatic rings. The summed E-state index contributed by atoms with van der Waals surface area (Å²) in [6.07, 6.45) is 0. The summed E-state index contributed by atoms with van der Waals surface area (Å²) in [6, 6.07) is 2.65. The highest BCUT2D eigenvalue weighted by Gasteiger charge is 2.17. The van der Waals surface area contributed by atoms with Gasteiger partial charge in [-0.1, -0.05) is 0 Å². The summed E-state index contributed by atoms with van der Waals surface area (Å²) in [5, 5.41) is 5.55. The smallest absolute Gasteiger partial charge is 0.134 e. The normalized spacial score (nSPS) is 22.9. The topological polar surface area (TPSA) is 24.5 Å². The Hall–Kier alpha value is -0.580. The zero-order chi connectivity index (χ0) is 10.7. The van der Waals surface area contributed by atoms with Gasteiger partial charge in [-0.3, -0.25) is 4.90 Å². The van der Waals surface area contributed by atoms with E-state index in [0.717, 1.165) is 31.9 Å². The van der Waals surface area contributed by atoms with E-state index in [-0.39, 0.29) is 0 Å². The first-order valence-corrected chi connectivity index (χ1v) is 6.23. The Morgan fingerprint density at radius 1 is 1.67 bits per heavy atom. The first-order chi connectivity index (χ1) is 7.29. The van der Waals surface area contributed by atoms with Crippen molar-refractivity contribution in [1.29, 1.82) is 0 Å². The highest BCUT2D eigenvalue weighted by molar-refractivity contribution is 7.10. The highest BCUT2D eigenvalue weighted by Crippen LogP contribution is 2.26. The van der Waals surface area contributed by atoms with Crippen LogP contribution < -0.4 is 10.1 Å². The fraction of sp³-hybridized carbons (Fsp3) is 0.636. The van der Waals surface area contributed by atoms with Gasteiger partial charge in [-0.2, -0.15) is 0 Å². The highest BCUT2D eigenvalue weighted by atomic mass is 32.1. The lowest BCUT2D eigenvalue weighted by Crippen LogP contribution is -2.48. The van der Waals surface area contributed by atoms with Gasteiger partial charge in [0.25, 0.3) is 0 Å². The van der Waals surface area contributed by atoms with E-state index in [9.17, 15) is 0 Å². The molecule has 0 bridgehead atoms. The fourth-order valence-electron chi connectivity index (χ4n) is 1.98. The molecule has 1 aromatic heterocycles. The van der Waals surface area contributed by atoms with Gasteiger partial charge in [-0.25, -0.2) is 0 Å². The molecular formula is C11H18N2OS. The number of hydrogen-bond acceptors (Lipinski definition) is 4. The van der Waals surface area contributed by atoms with Crippen molar-refractivity contribution in [2.24, 2.45) is 0 Å². The minimum absolute atomic E-state index is 0.602. The second-order valence-electron chi connectivity index (χ2n) is 4.00. The Balaban J connectivity index is 1.96. The minimum atomic E-state index is 0.602. The number of piperazine rings is 1. The Bertz CT molecular complexity index is 313. The molecule has 4 heteroatoms. The Labute approximate surface area is 95.0 Å². The predicted molar refractivity (Wildman–Crippen MR) is 63.6 cm³/mol. The third-order valence-electron chi connectivity index (χ3n) is 2.74. The van der Waals surface area contributed by atoms with Crippen molar-refractivity contribution in [2.45, 2.75) is 19.5 Å². The molecule has 0 saturated carbocycles. The molecule has 0 radical (unpaired) electrons. The van der Waals surface area contributed by atoms with Crippen LogP contribution in [0.4, 0.5) is 0 Å². The molecule has 3 nitrogen and oxygen atoms in total. The summed E-state index contributed by atoms with van der Waals surface area (Å²) in [5.74, 6) is 1.03. The third-order valence-corrected chi connectivity index (χ3v) is 3.63. The van der Waals surface area contributed by atoms with Gasteiger partial charge in [0, 0.05) is 32.2 Å². The van der Waals surface area contributed by atoms with Gasteiger partial charge < -0.3 is 10.1 Å². The SMILES string of the molecule is COc1ccsc1CN1CCN[C@H](C)C1. The average Bonchev–Trinajstić information content (AvgIpc) is 2.65. The van der Waals surface area contributed by atoms with E-state index >= 15 is 0 Å². The lowest BCUT2D eigenvalue weighted by atomic mass is 10.2. The number of ether oxygens (including phenoxy) is 1. The van der Waals surface area contributed by atoms with E-state index in [2.05, 4.69) is 22.5 Å². The first kappa shape index (κ1) is 10.9. The molecule has 84 valence electrons. The second kappa shape index (κ2) is 4.96. The van der Waals surface area contributed by atoms with Gasteiger partial charge in [0.15, 0.2) is 0 Å². The van der Waals surface area contributed by atoms with Crippen LogP contribution in [-0.2, 0) is 6.54 Å². The van der Waals surface area contributed by atoms with Crippen LogP contribution in [0.2, 0.25) is 0 Å². The Kier molecular flexibility index (Phi) is 3.61. The molecule has 2 rings (SSSR count). The van der Waals surface area contributed by atoms with E-state index < -0.39 is 0 Å². The molecule has 1 saturated heterocycles. The number of methoxy groups -OCH3 is 1. The van der Waals surface area contributed by atoms with Crippen LogP contribution in [-0.4, -0.2) is 37.7 Å². The standard InChI is InChI=1S/C11H18N2OS/c1-9-7-13(5-4-12-9)8-11-10(14-2)3-6-15-11/h3,6,9,12H,4-5,7-8H2,1-2H3/t9-/m1/s1. The molecule has 0 aliphatic carbocycles. The molecule has 1 N–H and O–H groups in total. The molecule has 1 fully saturated rings. The molecule has 0 spiro atoms. The number of rotatable bonds is 3. The number of nitrogens with one attached hydrogen (secondary N) is 1. The van der Waals surface area contributed by atoms with Gasteiger partial charge in [0.05, 0.1) is 12.0 Å². The second-order valence-corrected chi connectivity index (χ2v) is 5.00. The van der Waals surface area contributed by atoms with Crippen LogP contribution in [0, 0.1) is 0 Å². The lowest BCUT2D eigenvalue weighted by Gasteiger charge is -2.31. The largest absolute Gasteiger partial charge is 0.496 e. The summed E-state index contributed by atoms with van der Waals surface area (Å²) in [6.45, 7) is 6.60. The molecular weight excluding hydrogens is 208 g/mol. The van der Waals surface area contributed by atoms with E-state index in [1.807, 2.05) is 6.07 Å². The Morgan fingerprint density at radius 3 is 3.27 bits per heavy atom. The fourth-order valence-corrected chi connectivity index (χ4v) is 2.87. The minimum Gasteiger partial charge on any atom is -0.496 e. The van der Waals surface area contributed by atoms with Crippen molar-refractivity contribution >= 4 is 11.3 Å². The van der Waals surface area contributed by atoms with Crippen LogP contribution >= 0.6 is 11.3 Å². The molecule has 0 aromatic carbocycles. The van der Waals surface area contributed by atoms with Crippen LogP contribution in [0.1, 0.15) is 11.8 Å². The first-order valence-electron chi connectivity index (χ1n) is 5.35. The van der Waals surface area contributed by atoms with Crippen molar-refractivity contribution < 1.29 is 4.74 Å². The molecule has 15 heavy (non-hydrogen) atoms. The van der Waals surface area contributed by atoms with Gasteiger partial charge in [0.1, 0.15) is 5.75 Å². The van der Waals surface area contributed by atoms with Gasteiger partial charge in [-0.15, -0.1) is 11.3 Å². The Morgan fingerprint density at radius 2 is 2.53 bits per heavy atom. The molecule has 2 heterocycles. The van der Waals surface area contributed by atoms with Crippen molar-refractivity contribution in [3.05, 3.63) is 16.3 Å². The van der Waals surface area contributed by atoms with Crippen LogP contribution in [0.3, 0.4) is 0 Å². The summed E-state index contributed by atoms with van der Waals surface area (Å²) < 4.78 is 5.32. The maximum Gasteiger partial charge on any atom is 0.134 e. The van der Waals surface area contributed by atoms with Crippen molar-refractivity contribution in [1.82, 2.24) is 10.2 Å². The zero-order valence-electron chi connectivity index (χ0n) is 9.32. The summed E-state index contributed by atoms with van der Waals surface area (Å²) in [4.78, 5) is 3.82. The van der Waals surface area contributed by atoms with E-state index in [1.54, 1.807) is 18.4 Å². The van der Waals surface area contributed by atoms with Crippen molar-refractivity contribution in [2.75, 3.05) is 26.7 Å². The maximum atomic E-state index is 5.32. The third kappa shape index (κ3) is 2.71. The van der Waals surface area contributed by atoms with Crippen LogP contribution in [0.25, 0.3) is 0 Å². The summed E-state index contributed by atoms with van der Waals surface area (Å²) >= 11 is 1.78. The quantitative estimate of drug-likeness (QED) is 0.846. The summed E-state index contributed by atoms with van der Waals surface area (Å²) in [5.41, 5.74) is 0. The van der Waals surface area contributed by atoms with Crippen molar-refractivity contribution in [3.8, 4) is 5.75 Å². The molecule has 1 atom stereocenters. The van der Waals surface area contributed by atoms with Gasteiger partial charge >= 0.3 is 0 Å². The average molecular weight is 226 g/mol. The van der Waals surface area contributed by atoms with E-state index in [1.165, 1.54) is 4.88 Å². The number of hydrogen-bond donors (Lipinski definition) is 1. The van der Waals surface area contributed by atoms with Crippen LogP contribution in [0.15, 0.2) is 11.4 Å². The van der Waals surface area contributed by atoms with Crippen molar-refractivity contribution in [3.63, 3.8) is 0 Å².